The molecule has 2 heterocycles. The highest BCUT2D eigenvalue weighted by Crippen LogP contribution is 2.63. The highest BCUT2D eigenvalue weighted by Gasteiger charge is 2.73. The number of piperidine rings is 1. The van der Waals surface area contributed by atoms with Crippen LogP contribution >= 0.6 is 11.3 Å². The van der Waals surface area contributed by atoms with Crippen LogP contribution in [0.15, 0.2) is 5.38 Å². The van der Waals surface area contributed by atoms with Crippen molar-refractivity contribution < 1.29 is 9.59 Å². The molecule has 2 aliphatic rings. The zero-order valence-electron chi connectivity index (χ0n) is 11.4. The summed E-state index contributed by atoms with van der Waals surface area (Å²) in [6.45, 7) is 5.95. The number of anilines is 1. The van der Waals surface area contributed by atoms with Crippen molar-refractivity contribution in [3.05, 3.63) is 11.1 Å². The van der Waals surface area contributed by atoms with Crippen LogP contribution in [0.5, 0.6) is 0 Å². The number of amides is 2. The quantitative estimate of drug-likeness (QED) is 0.853. The molecule has 5 nitrogen and oxygen atoms in total. The highest BCUT2D eigenvalue weighted by molar-refractivity contribution is 7.14. The maximum absolute atomic E-state index is 12.3. The summed E-state index contributed by atoms with van der Waals surface area (Å²) in [6.07, 6.45) is 0. The maximum atomic E-state index is 12.3. The third kappa shape index (κ3) is 1.59. The summed E-state index contributed by atoms with van der Waals surface area (Å²) in [5, 5.41) is 5.50. The van der Waals surface area contributed by atoms with Gasteiger partial charge in [-0.25, -0.2) is 9.88 Å². The molecule has 1 N–H and O–H groups in total. The van der Waals surface area contributed by atoms with Gasteiger partial charge >= 0.3 is 0 Å². The van der Waals surface area contributed by atoms with E-state index in [2.05, 4.69) is 10.3 Å². The number of rotatable bonds is 3. The molecule has 3 rings (SSSR count). The third-order valence-corrected chi connectivity index (χ3v) is 5.22. The number of nitrogens with zero attached hydrogens (tertiary/aromatic N) is 2. The van der Waals surface area contributed by atoms with E-state index in [4.69, 9.17) is 0 Å². The van der Waals surface area contributed by atoms with Crippen molar-refractivity contribution in [3.63, 3.8) is 0 Å². The van der Waals surface area contributed by atoms with Crippen LogP contribution in [0.25, 0.3) is 0 Å². The molecule has 3 atom stereocenters. The van der Waals surface area contributed by atoms with Crippen LogP contribution in [0.4, 0.5) is 5.13 Å². The lowest BCUT2D eigenvalue weighted by molar-refractivity contribution is -0.125. The SMILES string of the molecule is CNC(C)c1csc(N2C(=O)C3C(C2=O)C3(C)C)n1. The average molecular weight is 279 g/mol. The Morgan fingerprint density at radius 3 is 2.47 bits per heavy atom. The van der Waals surface area contributed by atoms with Gasteiger partial charge in [0.05, 0.1) is 17.5 Å². The summed E-state index contributed by atoms with van der Waals surface area (Å²) in [5.41, 5.74) is 0.700. The number of nitrogens with one attached hydrogen (secondary N) is 1. The van der Waals surface area contributed by atoms with Crippen LogP contribution in [0.1, 0.15) is 32.5 Å². The van der Waals surface area contributed by atoms with E-state index in [0.717, 1.165) is 5.69 Å². The summed E-state index contributed by atoms with van der Waals surface area (Å²) in [7, 11) is 1.85. The van der Waals surface area contributed by atoms with Gasteiger partial charge in [-0.05, 0) is 19.4 Å². The topological polar surface area (TPSA) is 62.3 Å². The fourth-order valence-electron chi connectivity index (χ4n) is 2.86. The smallest absolute Gasteiger partial charge is 0.240 e. The van der Waals surface area contributed by atoms with Gasteiger partial charge < -0.3 is 5.32 Å². The van der Waals surface area contributed by atoms with Gasteiger partial charge in [0.1, 0.15) is 0 Å². The second kappa shape index (κ2) is 3.86. The minimum absolute atomic E-state index is 0.0852. The molecule has 1 aliphatic heterocycles. The highest BCUT2D eigenvalue weighted by atomic mass is 32.1. The van der Waals surface area contributed by atoms with Gasteiger partial charge in [-0.3, -0.25) is 9.59 Å². The Bertz CT molecular complexity index is 542. The van der Waals surface area contributed by atoms with Crippen LogP contribution in [0, 0.1) is 17.3 Å². The number of hydrogen-bond donors (Lipinski definition) is 1. The Kier molecular flexibility index (Phi) is 2.59. The van der Waals surface area contributed by atoms with E-state index in [0.29, 0.717) is 5.13 Å². The van der Waals surface area contributed by atoms with Crippen LogP contribution < -0.4 is 10.2 Å². The largest absolute Gasteiger partial charge is 0.312 e. The molecule has 2 fully saturated rings. The Morgan fingerprint density at radius 2 is 1.95 bits per heavy atom. The Labute approximate surface area is 116 Å². The zero-order valence-corrected chi connectivity index (χ0v) is 12.2. The molecule has 1 aliphatic carbocycles. The number of imide groups is 1. The molecule has 102 valence electrons. The van der Waals surface area contributed by atoms with Crippen molar-refractivity contribution in [2.75, 3.05) is 11.9 Å². The molecule has 2 amide bonds. The lowest BCUT2D eigenvalue weighted by Crippen LogP contribution is -2.36. The van der Waals surface area contributed by atoms with Gasteiger partial charge in [0, 0.05) is 11.4 Å². The maximum Gasteiger partial charge on any atom is 0.240 e. The molecule has 0 spiro atoms. The van der Waals surface area contributed by atoms with Crippen LogP contribution in [-0.2, 0) is 9.59 Å². The number of hydrogen-bond acceptors (Lipinski definition) is 5. The molecule has 1 aromatic rings. The number of carbonyl (C=O) groups is 2. The van der Waals surface area contributed by atoms with Gasteiger partial charge in [-0.1, -0.05) is 13.8 Å². The second-order valence-corrected chi connectivity index (χ2v) is 6.69. The zero-order chi connectivity index (χ0) is 13.9. The van der Waals surface area contributed by atoms with Crippen LogP contribution in [0.3, 0.4) is 0 Å². The molecule has 1 aromatic heterocycles. The molecular weight excluding hydrogens is 262 g/mol. The standard InChI is InChI=1S/C13H17N3O2S/c1-6(14-4)7-5-19-12(15-7)16-10(17)8-9(11(16)18)13(8,2)3/h5-6,8-9,14H,1-4H3. The lowest BCUT2D eigenvalue weighted by Gasteiger charge is -2.17. The van der Waals surface area contributed by atoms with E-state index in [9.17, 15) is 9.59 Å². The van der Waals surface area contributed by atoms with E-state index >= 15 is 0 Å². The molecule has 0 radical (unpaired) electrons. The van der Waals surface area contributed by atoms with E-state index in [1.165, 1.54) is 16.2 Å². The summed E-state index contributed by atoms with van der Waals surface area (Å²) in [4.78, 5) is 30.2. The summed E-state index contributed by atoms with van der Waals surface area (Å²) in [6, 6.07) is 0.115. The van der Waals surface area contributed by atoms with E-state index < -0.39 is 0 Å². The lowest BCUT2D eigenvalue weighted by atomic mass is 10.1. The average Bonchev–Trinajstić information content (AvgIpc) is 2.70. The van der Waals surface area contributed by atoms with Crippen molar-refractivity contribution in [2.45, 2.75) is 26.8 Å². The normalized spacial score (nSPS) is 29.6. The molecule has 6 heteroatoms. The Hall–Kier alpha value is -1.27. The Morgan fingerprint density at radius 1 is 1.37 bits per heavy atom. The monoisotopic (exact) mass is 279 g/mol. The van der Waals surface area contributed by atoms with Crippen LogP contribution in [-0.4, -0.2) is 23.8 Å². The minimum atomic E-state index is -0.164. The van der Waals surface area contributed by atoms with Gasteiger partial charge in [-0.15, -0.1) is 11.3 Å². The second-order valence-electron chi connectivity index (χ2n) is 5.85. The molecular formula is C13H17N3O2S. The first-order valence-corrected chi connectivity index (χ1v) is 7.28. The molecule has 0 bridgehead atoms. The van der Waals surface area contributed by atoms with Crippen molar-refractivity contribution in [3.8, 4) is 0 Å². The predicted octanol–water partition coefficient (Wildman–Crippen LogP) is 1.57. The van der Waals surface area contributed by atoms with Crippen molar-refractivity contribution in [2.24, 2.45) is 17.3 Å². The molecule has 1 saturated carbocycles. The summed E-state index contributed by atoms with van der Waals surface area (Å²) < 4.78 is 0. The summed E-state index contributed by atoms with van der Waals surface area (Å²) >= 11 is 1.35. The van der Waals surface area contributed by atoms with E-state index in [1.54, 1.807) is 0 Å². The molecule has 19 heavy (non-hydrogen) atoms. The number of fused-ring (bicyclic) bond motifs is 1. The Balaban J connectivity index is 1.87. The van der Waals surface area contributed by atoms with Crippen molar-refractivity contribution >= 4 is 28.3 Å². The number of thiazole rings is 1. The molecule has 0 aromatic carbocycles. The first-order valence-electron chi connectivity index (χ1n) is 6.40. The van der Waals surface area contributed by atoms with E-state index in [1.807, 2.05) is 33.2 Å². The third-order valence-electron chi connectivity index (χ3n) is 4.38. The first-order chi connectivity index (χ1) is 8.89. The van der Waals surface area contributed by atoms with Gasteiger partial charge in [0.25, 0.3) is 0 Å². The number of aromatic nitrogens is 1. The fourth-order valence-corrected chi connectivity index (χ4v) is 3.79. The minimum Gasteiger partial charge on any atom is -0.312 e. The van der Waals surface area contributed by atoms with Gasteiger partial charge in [0.2, 0.25) is 11.8 Å². The fraction of sp³-hybridized carbons (Fsp3) is 0.615. The predicted molar refractivity (Wildman–Crippen MR) is 72.8 cm³/mol. The van der Waals surface area contributed by atoms with E-state index in [-0.39, 0.29) is 35.1 Å². The van der Waals surface area contributed by atoms with Gasteiger partial charge in [-0.2, -0.15) is 0 Å². The molecule has 3 unspecified atom stereocenters. The first kappa shape index (κ1) is 12.7. The number of carbonyl (C=O) groups excluding carboxylic acids is 2. The summed E-state index contributed by atoms with van der Waals surface area (Å²) in [5.74, 6) is -0.459. The van der Waals surface area contributed by atoms with Gasteiger partial charge in [0.15, 0.2) is 5.13 Å². The van der Waals surface area contributed by atoms with Crippen LogP contribution in [0.2, 0.25) is 0 Å². The molecule has 1 saturated heterocycles. The van der Waals surface area contributed by atoms with Crippen molar-refractivity contribution in [1.82, 2.24) is 10.3 Å². The van der Waals surface area contributed by atoms with Crippen molar-refractivity contribution in [1.29, 1.82) is 0 Å².